The van der Waals surface area contributed by atoms with Crippen molar-refractivity contribution in [1.29, 1.82) is 0 Å². The summed E-state index contributed by atoms with van der Waals surface area (Å²) in [5, 5.41) is -0.317. The molecule has 0 aromatic carbocycles. The zero-order valence-electron chi connectivity index (χ0n) is 5.76. The summed E-state index contributed by atoms with van der Waals surface area (Å²) >= 11 is 0. The highest BCUT2D eigenvalue weighted by Crippen LogP contribution is 2.01. The second kappa shape index (κ2) is 2.93. The van der Waals surface area contributed by atoms with Gasteiger partial charge < -0.3 is 0 Å². The summed E-state index contributed by atoms with van der Waals surface area (Å²) in [5.41, 5.74) is 0. The van der Waals surface area contributed by atoms with E-state index in [4.69, 9.17) is 0 Å². The molecular weight excluding hydrogens is 168 g/mol. The van der Waals surface area contributed by atoms with E-state index in [1.165, 1.54) is 18.5 Å². The molecule has 0 fully saturated rings. The van der Waals surface area contributed by atoms with Crippen molar-refractivity contribution in [2.45, 2.75) is 5.16 Å². The zero-order chi connectivity index (χ0) is 8.32. The molecule has 0 saturated heterocycles. The van der Waals surface area contributed by atoms with E-state index < -0.39 is 10.1 Å². The van der Waals surface area contributed by atoms with Crippen LogP contribution < -0.4 is 0 Å². The maximum Gasteiger partial charge on any atom is 0.332 e. The molecule has 1 rings (SSSR count). The minimum atomic E-state index is -3.72. The van der Waals surface area contributed by atoms with Gasteiger partial charge in [-0.1, -0.05) is 0 Å². The third-order valence-electron chi connectivity index (χ3n) is 0.985. The number of aromatic nitrogens is 2. The lowest BCUT2D eigenvalue weighted by atomic mass is 10.7. The van der Waals surface area contributed by atoms with E-state index in [1.54, 1.807) is 0 Å². The topological polar surface area (TPSA) is 69.2 Å². The Labute approximate surface area is 64.2 Å². The first-order valence-corrected chi connectivity index (χ1v) is 4.15. The Bertz CT molecular complexity index is 321. The first-order chi connectivity index (χ1) is 5.17. The van der Waals surface area contributed by atoms with Gasteiger partial charge in [0.2, 0.25) is 0 Å². The van der Waals surface area contributed by atoms with Gasteiger partial charge in [-0.3, -0.25) is 4.18 Å². The monoisotopic (exact) mass is 174 g/mol. The molecule has 0 N–H and O–H groups in total. The van der Waals surface area contributed by atoms with Gasteiger partial charge in [-0.15, -0.1) is 0 Å². The standard InChI is InChI=1S/C5H6N2O3S/c1-10-11(8,9)5-6-3-2-4-7-5/h2-4H,1H3. The molecule has 0 aliphatic rings. The van der Waals surface area contributed by atoms with Gasteiger partial charge in [0.05, 0.1) is 7.11 Å². The van der Waals surface area contributed by atoms with Crippen molar-refractivity contribution >= 4 is 10.1 Å². The van der Waals surface area contributed by atoms with Crippen molar-refractivity contribution in [3.63, 3.8) is 0 Å². The summed E-state index contributed by atoms with van der Waals surface area (Å²) in [6.45, 7) is 0. The largest absolute Gasteiger partial charge is 0.332 e. The molecule has 0 saturated carbocycles. The van der Waals surface area contributed by atoms with E-state index in [1.807, 2.05) is 0 Å². The molecule has 5 nitrogen and oxygen atoms in total. The summed E-state index contributed by atoms with van der Waals surface area (Å²) in [6, 6.07) is 1.52. The molecule has 11 heavy (non-hydrogen) atoms. The number of rotatable bonds is 2. The highest BCUT2D eigenvalue weighted by Gasteiger charge is 2.14. The molecule has 1 heterocycles. The van der Waals surface area contributed by atoms with E-state index in [9.17, 15) is 8.42 Å². The number of hydrogen-bond acceptors (Lipinski definition) is 5. The van der Waals surface area contributed by atoms with Crippen molar-refractivity contribution < 1.29 is 12.6 Å². The van der Waals surface area contributed by atoms with Crippen LogP contribution in [0, 0.1) is 0 Å². The highest BCUT2D eigenvalue weighted by atomic mass is 32.2. The molecule has 1 aromatic heterocycles. The summed E-state index contributed by atoms with van der Waals surface area (Å²) in [4.78, 5) is 6.99. The van der Waals surface area contributed by atoms with Gasteiger partial charge in [0.15, 0.2) is 0 Å². The number of nitrogens with zero attached hydrogens (tertiary/aromatic N) is 2. The van der Waals surface area contributed by atoms with Gasteiger partial charge in [0, 0.05) is 12.4 Å². The third kappa shape index (κ3) is 1.72. The SMILES string of the molecule is COS(=O)(=O)c1ncccn1. The molecule has 1 aromatic rings. The predicted molar refractivity (Wildman–Crippen MR) is 36.2 cm³/mol. The molecule has 0 bridgehead atoms. The molecule has 6 heteroatoms. The molecule has 0 amide bonds. The molecule has 0 atom stereocenters. The molecule has 0 radical (unpaired) electrons. The normalized spacial score (nSPS) is 11.4. The van der Waals surface area contributed by atoms with Crippen LogP contribution in [0.2, 0.25) is 0 Å². The molecule has 0 unspecified atom stereocenters. The van der Waals surface area contributed by atoms with E-state index in [0.717, 1.165) is 7.11 Å². The lowest BCUT2D eigenvalue weighted by Gasteiger charge is -1.95. The lowest BCUT2D eigenvalue weighted by Crippen LogP contribution is -2.06. The van der Waals surface area contributed by atoms with Crippen LogP contribution in [-0.4, -0.2) is 25.5 Å². The average molecular weight is 174 g/mol. The second-order valence-electron chi connectivity index (χ2n) is 1.65. The fraction of sp³-hybridized carbons (Fsp3) is 0.200. The van der Waals surface area contributed by atoms with Crippen molar-refractivity contribution in [2.75, 3.05) is 7.11 Å². The van der Waals surface area contributed by atoms with E-state index >= 15 is 0 Å². The van der Waals surface area contributed by atoms with Gasteiger partial charge >= 0.3 is 10.1 Å². The van der Waals surface area contributed by atoms with Gasteiger partial charge in [0.25, 0.3) is 5.16 Å². The average Bonchev–Trinajstić information content (AvgIpc) is 2.06. The number of hydrogen-bond donors (Lipinski definition) is 0. The van der Waals surface area contributed by atoms with Crippen LogP contribution in [0.5, 0.6) is 0 Å². The fourth-order valence-electron chi connectivity index (χ4n) is 0.489. The highest BCUT2D eigenvalue weighted by molar-refractivity contribution is 7.86. The summed E-state index contributed by atoms with van der Waals surface area (Å²) in [7, 11) is -2.66. The van der Waals surface area contributed by atoms with E-state index in [2.05, 4.69) is 14.2 Å². The van der Waals surface area contributed by atoms with Crippen molar-refractivity contribution in [3.05, 3.63) is 18.5 Å². The van der Waals surface area contributed by atoms with Crippen LogP contribution in [0.4, 0.5) is 0 Å². The third-order valence-corrected chi connectivity index (χ3v) is 2.08. The Morgan fingerprint density at radius 1 is 1.36 bits per heavy atom. The van der Waals surface area contributed by atoms with Crippen LogP contribution in [0.3, 0.4) is 0 Å². The van der Waals surface area contributed by atoms with Gasteiger partial charge in [-0.2, -0.15) is 8.42 Å². The fourth-order valence-corrected chi connectivity index (χ4v) is 1.02. The Balaban J connectivity index is 3.14. The summed E-state index contributed by atoms with van der Waals surface area (Å²) in [5.74, 6) is 0. The minimum Gasteiger partial charge on any atom is -0.267 e. The van der Waals surface area contributed by atoms with Crippen LogP contribution in [-0.2, 0) is 14.3 Å². The van der Waals surface area contributed by atoms with Crippen molar-refractivity contribution in [3.8, 4) is 0 Å². The van der Waals surface area contributed by atoms with Gasteiger partial charge in [0.1, 0.15) is 0 Å². The molecular formula is C5H6N2O3S. The van der Waals surface area contributed by atoms with Crippen molar-refractivity contribution in [2.24, 2.45) is 0 Å². The Hall–Kier alpha value is -1.01. The smallest absolute Gasteiger partial charge is 0.267 e. The molecule has 60 valence electrons. The van der Waals surface area contributed by atoms with Crippen LogP contribution >= 0.6 is 0 Å². The summed E-state index contributed by atoms with van der Waals surface area (Å²) < 4.78 is 25.9. The predicted octanol–water partition coefficient (Wildman–Crippen LogP) is -0.188. The first kappa shape index (κ1) is 8.09. The maximum atomic E-state index is 10.9. The first-order valence-electron chi connectivity index (χ1n) is 2.74. The lowest BCUT2D eigenvalue weighted by molar-refractivity contribution is 0.392. The molecule has 0 aliphatic carbocycles. The Morgan fingerprint density at radius 2 is 1.91 bits per heavy atom. The molecule has 0 aliphatic heterocycles. The van der Waals surface area contributed by atoms with Gasteiger partial charge in [-0.05, 0) is 6.07 Å². The van der Waals surface area contributed by atoms with Crippen molar-refractivity contribution in [1.82, 2.24) is 9.97 Å². The van der Waals surface area contributed by atoms with Crippen LogP contribution in [0.15, 0.2) is 23.6 Å². The van der Waals surface area contributed by atoms with Crippen LogP contribution in [0.1, 0.15) is 0 Å². The quantitative estimate of drug-likeness (QED) is 0.459. The Morgan fingerprint density at radius 3 is 2.36 bits per heavy atom. The second-order valence-corrected chi connectivity index (χ2v) is 3.26. The minimum absolute atomic E-state index is 0.317. The van der Waals surface area contributed by atoms with E-state index in [-0.39, 0.29) is 5.16 Å². The zero-order valence-corrected chi connectivity index (χ0v) is 6.58. The summed E-state index contributed by atoms with van der Waals surface area (Å²) in [6.07, 6.45) is 2.66. The van der Waals surface area contributed by atoms with Crippen LogP contribution in [0.25, 0.3) is 0 Å². The van der Waals surface area contributed by atoms with Gasteiger partial charge in [-0.25, -0.2) is 9.97 Å². The molecule has 0 spiro atoms. The maximum absolute atomic E-state index is 10.9. The Kier molecular flexibility index (Phi) is 2.16. The van der Waals surface area contributed by atoms with E-state index in [0.29, 0.717) is 0 Å².